The maximum absolute atomic E-state index is 13.2. The van der Waals surface area contributed by atoms with Crippen LogP contribution in [-0.4, -0.2) is 85.3 Å². The number of aliphatic hydroxyl groups is 1. The fourth-order valence-electron chi connectivity index (χ4n) is 4.45. The number of hydrogen-bond acceptors (Lipinski definition) is 7. The summed E-state index contributed by atoms with van der Waals surface area (Å²) < 4.78 is 1.64. The minimum Gasteiger partial charge on any atom is -0.391 e. The summed E-state index contributed by atoms with van der Waals surface area (Å²) in [6.07, 6.45) is 6.46. The lowest BCUT2D eigenvalue weighted by molar-refractivity contribution is -0.143. The van der Waals surface area contributed by atoms with E-state index >= 15 is 0 Å². The molecule has 10 heteroatoms. The Balaban J connectivity index is 0.000000248. The average Bonchev–Trinajstić information content (AvgIpc) is 3.44. The van der Waals surface area contributed by atoms with Gasteiger partial charge in [0.1, 0.15) is 11.7 Å². The Morgan fingerprint density at radius 3 is 2.35 bits per heavy atom. The second-order valence-corrected chi connectivity index (χ2v) is 11.3. The highest BCUT2D eigenvalue weighted by Gasteiger charge is 2.44. The summed E-state index contributed by atoms with van der Waals surface area (Å²) in [6.45, 7) is 9.65. The summed E-state index contributed by atoms with van der Waals surface area (Å²) in [5.41, 5.74) is 2.19. The quantitative estimate of drug-likeness (QED) is 0.631. The molecule has 2 fully saturated rings. The molecule has 202 valence electrons. The molecule has 0 bridgehead atoms. The number of ketones is 1. The summed E-state index contributed by atoms with van der Waals surface area (Å²) in [5, 5.41) is 18.3. The van der Waals surface area contributed by atoms with E-state index in [1.165, 1.54) is 16.7 Å². The average molecular weight is 513 g/mol. The van der Waals surface area contributed by atoms with Gasteiger partial charge in [0.25, 0.3) is 5.91 Å². The third kappa shape index (κ3) is 7.00. The first kappa shape index (κ1) is 28.4. The van der Waals surface area contributed by atoms with Crippen LogP contribution in [0.3, 0.4) is 0 Å². The molecule has 1 unspecified atom stereocenters. The highest BCUT2D eigenvalue weighted by Crippen LogP contribution is 2.40. The standard InChI is InChI=1S/C17H26N4O3.C10H14N2O/c1-10(22)14-7-12(23)8-20(14)16(24)15(17(2,3)4)21-9-13(18-19-21)11-5-6-11;1-4-8-5-6-9(11-7-8)10(13)12(2)3/h9,11-12,14-15,23H,5-8H2,1-4H3;5-7H,4H2,1-3H3/t12?,14-,15+;/m0./s1. The van der Waals surface area contributed by atoms with E-state index in [0.29, 0.717) is 18.0 Å². The molecule has 2 aromatic heterocycles. The number of nitrogens with zero attached hydrogens (tertiary/aromatic N) is 6. The minimum absolute atomic E-state index is 0.0531. The third-order valence-electron chi connectivity index (χ3n) is 6.73. The van der Waals surface area contributed by atoms with Gasteiger partial charge in [-0.3, -0.25) is 19.4 Å². The predicted octanol–water partition coefficient (Wildman–Crippen LogP) is 2.64. The molecule has 37 heavy (non-hydrogen) atoms. The summed E-state index contributed by atoms with van der Waals surface area (Å²) in [7, 11) is 3.44. The molecule has 1 saturated carbocycles. The van der Waals surface area contributed by atoms with E-state index in [-0.39, 0.29) is 29.6 Å². The van der Waals surface area contributed by atoms with E-state index in [9.17, 15) is 19.5 Å². The number of aryl methyl sites for hydroxylation is 1. The molecule has 0 spiro atoms. The lowest BCUT2D eigenvalue weighted by Crippen LogP contribution is -2.47. The van der Waals surface area contributed by atoms with Gasteiger partial charge in [-0.15, -0.1) is 5.10 Å². The van der Waals surface area contributed by atoms with Gasteiger partial charge in [-0.25, -0.2) is 4.68 Å². The Morgan fingerprint density at radius 2 is 1.86 bits per heavy atom. The Kier molecular flexibility index (Phi) is 8.84. The van der Waals surface area contributed by atoms with Crippen LogP contribution < -0.4 is 0 Å². The van der Waals surface area contributed by atoms with Crippen LogP contribution in [0.5, 0.6) is 0 Å². The number of Topliss-reactive ketones (excluding diaryl/α,β-unsaturated/α-hetero) is 1. The van der Waals surface area contributed by atoms with E-state index in [0.717, 1.165) is 30.5 Å². The zero-order valence-corrected chi connectivity index (χ0v) is 23.0. The highest BCUT2D eigenvalue weighted by atomic mass is 16.3. The van der Waals surface area contributed by atoms with Gasteiger partial charge in [0.15, 0.2) is 5.78 Å². The molecule has 3 atom stereocenters. The second-order valence-electron chi connectivity index (χ2n) is 11.3. The zero-order chi connectivity index (χ0) is 27.5. The van der Waals surface area contributed by atoms with E-state index in [4.69, 9.17) is 0 Å². The van der Waals surface area contributed by atoms with Crippen molar-refractivity contribution in [3.8, 4) is 0 Å². The van der Waals surface area contributed by atoms with Gasteiger partial charge in [0.2, 0.25) is 5.91 Å². The van der Waals surface area contributed by atoms with Crippen molar-refractivity contribution in [2.45, 2.75) is 84.4 Å². The van der Waals surface area contributed by atoms with Crippen LogP contribution in [0.15, 0.2) is 24.5 Å². The molecule has 1 aliphatic heterocycles. The van der Waals surface area contributed by atoms with Crippen LogP contribution in [0.1, 0.15) is 87.6 Å². The smallest absolute Gasteiger partial charge is 0.271 e. The Hall–Kier alpha value is -3.14. The Morgan fingerprint density at radius 1 is 1.19 bits per heavy atom. The maximum Gasteiger partial charge on any atom is 0.271 e. The fraction of sp³-hybridized carbons (Fsp3) is 0.630. The number of amides is 2. The summed E-state index contributed by atoms with van der Waals surface area (Å²) >= 11 is 0. The van der Waals surface area contributed by atoms with Gasteiger partial charge in [0, 0.05) is 45.4 Å². The molecule has 2 aliphatic rings. The van der Waals surface area contributed by atoms with E-state index in [1.807, 2.05) is 33.0 Å². The molecule has 1 aliphatic carbocycles. The van der Waals surface area contributed by atoms with Gasteiger partial charge in [-0.1, -0.05) is 39.0 Å². The van der Waals surface area contributed by atoms with Crippen LogP contribution in [0.2, 0.25) is 0 Å². The topological polar surface area (TPSA) is 122 Å². The van der Waals surface area contributed by atoms with Gasteiger partial charge in [-0.05, 0) is 43.2 Å². The molecule has 4 rings (SSSR count). The highest BCUT2D eigenvalue weighted by molar-refractivity contribution is 5.92. The van der Waals surface area contributed by atoms with Crippen molar-refractivity contribution >= 4 is 17.6 Å². The zero-order valence-electron chi connectivity index (χ0n) is 23.0. The number of aromatic nitrogens is 4. The van der Waals surface area contributed by atoms with Crippen LogP contribution in [0, 0.1) is 5.41 Å². The van der Waals surface area contributed by atoms with Crippen molar-refractivity contribution in [2.24, 2.45) is 5.41 Å². The maximum atomic E-state index is 13.2. The van der Waals surface area contributed by atoms with Crippen molar-refractivity contribution in [3.05, 3.63) is 41.5 Å². The molecule has 10 nitrogen and oxygen atoms in total. The number of aliphatic hydroxyl groups excluding tert-OH is 1. The van der Waals surface area contributed by atoms with Gasteiger partial charge in [-0.2, -0.15) is 0 Å². The number of hydrogen-bond donors (Lipinski definition) is 1. The van der Waals surface area contributed by atoms with Gasteiger partial charge >= 0.3 is 0 Å². The normalized spacial score (nSPS) is 20.2. The number of pyridine rings is 1. The van der Waals surface area contributed by atoms with Crippen molar-refractivity contribution in [3.63, 3.8) is 0 Å². The lowest BCUT2D eigenvalue weighted by atomic mass is 9.85. The van der Waals surface area contributed by atoms with E-state index in [2.05, 4.69) is 22.2 Å². The molecule has 1 saturated heterocycles. The predicted molar refractivity (Wildman–Crippen MR) is 139 cm³/mol. The van der Waals surface area contributed by atoms with Crippen molar-refractivity contribution in [1.82, 2.24) is 29.8 Å². The summed E-state index contributed by atoms with van der Waals surface area (Å²) in [6, 6.07) is 2.60. The number of likely N-dealkylation sites (tertiary alicyclic amines) is 1. The molecule has 0 radical (unpaired) electrons. The second kappa shape index (κ2) is 11.5. The van der Waals surface area contributed by atoms with Crippen LogP contribution in [0.25, 0.3) is 0 Å². The minimum atomic E-state index is -0.652. The summed E-state index contributed by atoms with van der Waals surface area (Å²) in [4.78, 5) is 43.6. The molecular formula is C27H40N6O4. The van der Waals surface area contributed by atoms with Crippen molar-refractivity contribution in [2.75, 3.05) is 20.6 Å². The number of β-amino-alcohol motifs (C(OH)–C–C–N with tert-alkyl or cyclic N) is 1. The first-order valence-electron chi connectivity index (χ1n) is 12.9. The SMILES string of the molecule is CC(=O)[C@@H]1CC(O)CN1C(=O)[C@@H](n1cc(C2CC2)nn1)C(C)(C)C.CCc1ccc(C(=O)N(C)C)nc1. The van der Waals surface area contributed by atoms with Crippen molar-refractivity contribution in [1.29, 1.82) is 0 Å². The first-order chi connectivity index (χ1) is 17.3. The first-order valence-corrected chi connectivity index (χ1v) is 12.9. The van der Waals surface area contributed by atoms with Gasteiger partial charge < -0.3 is 14.9 Å². The van der Waals surface area contributed by atoms with Crippen LogP contribution in [0.4, 0.5) is 0 Å². The Bertz CT molecular complexity index is 1100. The third-order valence-corrected chi connectivity index (χ3v) is 6.73. The molecule has 2 amide bonds. The number of carbonyl (C=O) groups excluding carboxylic acids is 3. The lowest BCUT2D eigenvalue weighted by Gasteiger charge is -2.34. The summed E-state index contributed by atoms with van der Waals surface area (Å²) in [5.74, 6) is 0.145. The molecule has 3 heterocycles. The van der Waals surface area contributed by atoms with E-state index in [1.54, 1.807) is 31.0 Å². The van der Waals surface area contributed by atoms with Gasteiger partial charge in [0.05, 0.1) is 17.8 Å². The molecule has 1 N–H and O–H groups in total. The molecule has 2 aromatic rings. The van der Waals surface area contributed by atoms with Crippen LogP contribution in [-0.2, 0) is 16.0 Å². The molecule has 0 aromatic carbocycles. The van der Waals surface area contributed by atoms with Crippen molar-refractivity contribution < 1.29 is 19.5 Å². The van der Waals surface area contributed by atoms with E-state index < -0.39 is 18.2 Å². The van der Waals surface area contributed by atoms with Crippen LogP contribution >= 0.6 is 0 Å². The fourth-order valence-corrected chi connectivity index (χ4v) is 4.45. The number of carbonyl (C=O) groups is 3. The molecular weight excluding hydrogens is 472 g/mol. The monoisotopic (exact) mass is 512 g/mol. The Labute approximate surface area is 219 Å². The largest absolute Gasteiger partial charge is 0.391 e. The number of rotatable bonds is 6.